The molecule has 0 fully saturated rings. The monoisotopic (exact) mass is 240 g/mol. The molecule has 1 aromatic heterocycles. The molecule has 1 amide bonds. The molecule has 1 heterocycles. The molecule has 90 valence electrons. The number of thiophene rings is 1. The Labute approximate surface area is 101 Å². The van der Waals surface area contributed by atoms with Crippen molar-refractivity contribution in [1.82, 2.24) is 5.32 Å². The molecule has 3 nitrogen and oxygen atoms in total. The zero-order chi connectivity index (χ0) is 12.1. The maximum Gasteiger partial charge on any atom is 0.224 e. The number of carbonyl (C=O) groups excluding carboxylic acids is 1. The van der Waals surface area contributed by atoms with Gasteiger partial charge in [0.25, 0.3) is 0 Å². The highest BCUT2D eigenvalue weighted by molar-refractivity contribution is 7.10. The number of rotatable bonds is 5. The summed E-state index contributed by atoms with van der Waals surface area (Å²) >= 11 is 1.69. The van der Waals surface area contributed by atoms with E-state index in [-0.39, 0.29) is 17.9 Å². The van der Waals surface area contributed by atoms with Crippen LogP contribution in [0.3, 0.4) is 0 Å². The lowest BCUT2D eigenvalue weighted by molar-refractivity contribution is -0.125. The van der Waals surface area contributed by atoms with Gasteiger partial charge in [-0.3, -0.25) is 4.79 Å². The Morgan fingerprint density at radius 3 is 2.81 bits per heavy atom. The largest absolute Gasteiger partial charge is 0.351 e. The zero-order valence-corrected chi connectivity index (χ0v) is 10.9. The summed E-state index contributed by atoms with van der Waals surface area (Å²) < 4.78 is 0. The van der Waals surface area contributed by atoms with Crippen LogP contribution in [0.15, 0.2) is 11.4 Å². The minimum atomic E-state index is -0.134. The molecule has 4 heteroatoms. The number of nitrogens with one attached hydrogen (secondary N) is 1. The first kappa shape index (κ1) is 13.2. The predicted molar refractivity (Wildman–Crippen MR) is 68.4 cm³/mol. The maximum atomic E-state index is 11.7. The van der Waals surface area contributed by atoms with E-state index in [1.807, 2.05) is 13.8 Å². The Balaban J connectivity index is 2.49. The maximum absolute atomic E-state index is 11.7. The van der Waals surface area contributed by atoms with Gasteiger partial charge in [0, 0.05) is 16.8 Å². The summed E-state index contributed by atoms with van der Waals surface area (Å²) in [7, 11) is 0. The summed E-state index contributed by atoms with van der Waals surface area (Å²) in [5.74, 6) is -0.101. The van der Waals surface area contributed by atoms with Crippen molar-refractivity contribution in [2.75, 3.05) is 0 Å². The van der Waals surface area contributed by atoms with Crippen molar-refractivity contribution < 1.29 is 4.79 Å². The van der Waals surface area contributed by atoms with Crippen molar-refractivity contribution >= 4 is 17.2 Å². The van der Waals surface area contributed by atoms with E-state index in [0.29, 0.717) is 6.54 Å². The first-order valence-corrected chi connectivity index (χ1v) is 6.52. The Kier molecular flexibility index (Phi) is 4.96. The van der Waals surface area contributed by atoms with Crippen LogP contribution >= 0.6 is 11.3 Å². The second-order valence-electron chi connectivity index (χ2n) is 4.09. The Morgan fingerprint density at radius 2 is 2.25 bits per heavy atom. The van der Waals surface area contributed by atoms with Crippen molar-refractivity contribution in [3.05, 3.63) is 21.9 Å². The van der Waals surface area contributed by atoms with Crippen LogP contribution in [0.1, 0.15) is 31.2 Å². The number of carbonyl (C=O) groups is 1. The molecule has 0 saturated carbocycles. The van der Waals surface area contributed by atoms with Crippen LogP contribution < -0.4 is 11.1 Å². The molecule has 3 N–H and O–H groups in total. The molecule has 0 aliphatic carbocycles. The molecular weight excluding hydrogens is 220 g/mol. The van der Waals surface area contributed by atoms with Gasteiger partial charge in [-0.15, -0.1) is 11.3 Å². The quantitative estimate of drug-likeness (QED) is 0.826. The second-order valence-corrected chi connectivity index (χ2v) is 5.09. The second kappa shape index (κ2) is 6.01. The fourth-order valence-electron chi connectivity index (χ4n) is 1.40. The summed E-state index contributed by atoms with van der Waals surface area (Å²) in [6.45, 7) is 6.46. The molecule has 1 rings (SSSR count). The minimum absolute atomic E-state index is 0.0328. The predicted octanol–water partition coefficient (Wildman–Crippen LogP) is 1.91. The van der Waals surface area contributed by atoms with E-state index in [9.17, 15) is 4.79 Å². The third kappa shape index (κ3) is 3.32. The normalized spacial score (nSPS) is 14.5. The van der Waals surface area contributed by atoms with E-state index in [0.717, 1.165) is 6.42 Å². The van der Waals surface area contributed by atoms with Gasteiger partial charge in [-0.1, -0.05) is 13.8 Å². The van der Waals surface area contributed by atoms with E-state index in [1.165, 1.54) is 10.4 Å². The fraction of sp³-hybridized carbons (Fsp3) is 0.583. The fourth-order valence-corrected chi connectivity index (χ4v) is 2.32. The third-order valence-electron chi connectivity index (χ3n) is 2.84. The summed E-state index contributed by atoms with van der Waals surface area (Å²) in [6, 6.07) is 2.01. The van der Waals surface area contributed by atoms with Crippen molar-refractivity contribution in [1.29, 1.82) is 0 Å². The summed E-state index contributed by atoms with van der Waals surface area (Å²) in [5, 5.41) is 5.00. The smallest absolute Gasteiger partial charge is 0.224 e. The van der Waals surface area contributed by atoms with Gasteiger partial charge in [0.15, 0.2) is 0 Å². The molecule has 2 atom stereocenters. The van der Waals surface area contributed by atoms with E-state index < -0.39 is 0 Å². The number of hydrogen-bond acceptors (Lipinski definition) is 3. The van der Waals surface area contributed by atoms with Gasteiger partial charge >= 0.3 is 0 Å². The lowest BCUT2D eigenvalue weighted by Gasteiger charge is -2.15. The summed E-state index contributed by atoms with van der Waals surface area (Å²) in [4.78, 5) is 12.9. The molecule has 16 heavy (non-hydrogen) atoms. The molecule has 2 unspecified atom stereocenters. The van der Waals surface area contributed by atoms with Gasteiger partial charge in [-0.25, -0.2) is 0 Å². The van der Waals surface area contributed by atoms with Gasteiger partial charge < -0.3 is 11.1 Å². The number of hydrogen-bond donors (Lipinski definition) is 2. The van der Waals surface area contributed by atoms with E-state index >= 15 is 0 Å². The van der Waals surface area contributed by atoms with Gasteiger partial charge in [-0.05, 0) is 30.4 Å². The molecule has 0 saturated heterocycles. The average Bonchev–Trinajstić information content (AvgIpc) is 2.71. The topological polar surface area (TPSA) is 55.1 Å². The Hall–Kier alpha value is -0.870. The zero-order valence-electron chi connectivity index (χ0n) is 10.1. The Morgan fingerprint density at radius 1 is 1.56 bits per heavy atom. The van der Waals surface area contributed by atoms with Crippen LogP contribution in [0, 0.1) is 5.92 Å². The highest BCUT2D eigenvalue weighted by Gasteiger charge is 2.16. The lowest BCUT2D eigenvalue weighted by atomic mass is 10.0. The molecular formula is C12H20N2OS. The lowest BCUT2D eigenvalue weighted by Crippen LogP contribution is -2.38. The highest BCUT2D eigenvalue weighted by atomic mass is 32.1. The number of amides is 1. The molecule has 0 spiro atoms. The van der Waals surface area contributed by atoms with E-state index in [2.05, 4.69) is 23.7 Å². The van der Waals surface area contributed by atoms with Crippen LogP contribution in [0.4, 0.5) is 0 Å². The highest BCUT2D eigenvalue weighted by Crippen LogP contribution is 2.17. The third-order valence-corrected chi connectivity index (χ3v) is 3.81. The van der Waals surface area contributed by atoms with Crippen LogP contribution in [0.5, 0.6) is 0 Å². The van der Waals surface area contributed by atoms with Crippen LogP contribution in [-0.2, 0) is 17.8 Å². The van der Waals surface area contributed by atoms with E-state index in [4.69, 9.17) is 5.73 Å². The molecule has 0 radical (unpaired) electrons. The Bertz CT molecular complexity index is 347. The van der Waals surface area contributed by atoms with Crippen molar-refractivity contribution in [3.8, 4) is 0 Å². The molecule has 0 aliphatic rings. The van der Waals surface area contributed by atoms with Gasteiger partial charge in [-0.2, -0.15) is 0 Å². The first-order valence-electron chi connectivity index (χ1n) is 5.64. The molecule has 0 bridgehead atoms. The summed E-state index contributed by atoms with van der Waals surface area (Å²) in [5.41, 5.74) is 7.00. The average molecular weight is 240 g/mol. The van der Waals surface area contributed by atoms with Crippen molar-refractivity contribution in [2.24, 2.45) is 11.7 Å². The van der Waals surface area contributed by atoms with Crippen molar-refractivity contribution in [2.45, 2.75) is 39.8 Å². The van der Waals surface area contributed by atoms with Gasteiger partial charge in [0.05, 0.1) is 6.54 Å². The SMILES string of the molecule is CCc1ccsc1CNC(=O)C(C)C(C)N. The first-order chi connectivity index (χ1) is 7.56. The number of aryl methyl sites for hydroxylation is 1. The molecule has 1 aromatic rings. The van der Waals surface area contributed by atoms with Crippen molar-refractivity contribution in [3.63, 3.8) is 0 Å². The summed E-state index contributed by atoms with van der Waals surface area (Å²) in [6.07, 6.45) is 1.01. The van der Waals surface area contributed by atoms with Crippen LogP contribution in [-0.4, -0.2) is 11.9 Å². The number of nitrogens with two attached hydrogens (primary N) is 1. The molecule has 0 aromatic carbocycles. The van der Waals surface area contributed by atoms with E-state index in [1.54, 1.807) is 11.3 Å². The van der Waals surface area contributed by atoms with Crippen LogP contribution in [0.2, 0.25) is 0 Å². The minimum Gasteiger partial charge on any atom is -0.351 e. The van der Waals surface area contributed by atoms with Gasteiger partial charge in [0.1, 0.15) is 0 Å². The molecule has 0 aliphatic heterocycles. The van der Waals surface area contributed by atoms with Crippen LogP contribution in [0.25, 0.3) is 0 Å². The van der Waals surface area contributed by atoms with Gasteiger partial charge in [0.2, 0.25) is 5.91 Å². The standard InChI is InChI=1S/C12H20N2OS/c1-4-10-5-6-16-11(10)7-14-12(15)8(2)9(3)13/h5-6,8-9H,4,7,13H2,1-3H3,(H,14,15).